The molecule has 2 aromatic rings. The van der Waals surface area contributed by atoms with E-state index in [0.29, 0.717) is 16.3 Å². The van der Waals surface area contributed by atoms with Gasteiger partial charge in [0, 0.05) is 0 Å². The highest BCUT2D eigenvalue weighted by atomic mass is 32.2. The Hall–Kier alpha value is -2.07. The quantitative estimate of drug-likeness (QED) is 0.616. The average Bonchev–Trinajstić information content (AvgIpc) is 2.81. The minimum atomic E-state index is 0.0940. The Morgan fingerprint density at radius 1 is 1.50 bits per heavy atom. The monoisotopic (exact) mass is 233 g/mol. The molecule has 0 radical (unpaired) electrons. The molecule has 0 aromatic carbocycles. The molecular weight excluding hydrogens is 226 g/mol. The minimum absolute atomic E-state index is 0.0940. The van der Waals surface area contributed by atoms with Crippen LogP contribution in [0.4, 0.5) is 5.95 Å². The number of hydrogen-bond acceptors (Lipinski definition) is 7. The summed E-state index contributed by atoms with van der Waals surface area (Å²) in [7, 11) is 0. The number of nitriles is 1. The first kappa shape index (κ1) is 10.4. The van der Waals surface area contributed by atoms with Gasteiger partial charge in [-0.15, -0.1) is 11.8 Å². The summed E-state index contributed by atoms with van der Waals surface area (Å²) in [6, 6.07) is 2.03. The number of thioether (sulfide) groups is 1. The van der Waals surface area contributed by atoms with E-state index in [1.807, 2.05) is 12.3 Å². The van der Waals surface area contributed by atoms with Crippen LogP contribution in [0, 0.1) is 11.3 Å². The first-order chi connectivity index (χ1) is 7.76. The van der Waals surface area contributed by atoms with Crippen molar-refractivity contribution in [3.8, 4) is 17.7 Å². The largest absolute Gasteiger partial charge is 0.443 e. The lowest BCUT2D eigenvalue weighted by Crippen LogP contribution is -2.02. The van der Waals surface area contributed by atoms with Crippen molar-refractivity contribution in [3.05, 3.63) is 18.0 Å². The van der Waals surface area contributed by atoms with Gasteiger partial charge in [0.2, 0.25) is 11.8 Å². The summed E-state index contributed by atoms with van der Waals surface area (Å²) in [4.78, 5) is 11.9. The highest BCUT2D eigenvalue weighted by Gasteiger charge is 2.17. The maximum absolute atomic E-state index is 9.07. The van der Waals surface area contributed by atoms with Gasteiger partial charge in [-0.1, -0.05) is 0 Å². The SMILES string of the molecule is CSc1nc(N)nc(-c2ncco2)c1C#N. The fraction of sp³-hybridized carbons (Fsp3) is 0.111. The van der Waals surface area contributed by atoms with Crippen LogP contribution in [-0.4, -0.2) is 21.2 Å². The second-order valence-electron chi connectivity index (χ2n) is 2.76. The van der Waals surface area contributed by atoms with Gasteiger partial charge in [0.15, 0.2) is 0 Å². The molecule has 0 bridgehead atoms. The number of nitrogen functional groups attached to an aromatic ring is 1. The van der Waals surface area contributed by atoms with E-state index in [-0.39, 0.29) is 11.8 Å². The van der Waals surface area contributed by atoms with Crippen LogP contribution in [0.25, 0.3) is 11.6 Å². The van der Waals surface area contributed by atoms with Crippen molar-refractivity contribution in [1.29, 1.82) is 5.26 Å². The van der Waals surface area contributed by atoms with Gasteiger partial charge in [-0.3, -0.25) is 0 Å². The molecular formula is C9H7N5OS. The summed E-state index contributed by atoms with van der Waals surface area (Å²) in [6.45, 7) is 0. The number of nitrogens with two attached hydrogens (primary N) is 1. The molecule has 6 nitrogen and oxygen atoms in total. The number of aromatic nitrogens is 3. The molecule has 0 amide bonds. The molecule has 0 aliphatic rings. The minimum Gasteiger partial charge on any atom is -0.443 e. The molecule has 0 fully saturated rings. The Bertz CT molecular complexity index is 546. The molecule has 0 aliphatic carbocycles. The van der Waals surface area contributed by atoms with Crippen LogP contribution >= 0.6 is 11.8 Å². The first-order valence-electron chi connectivity index (χ1n) is 4.27. The summed E-state index contributed by atoms with van der Waals surface area (Å²) in [5, 5.41) is 9.58. The zero-order valence-corrected chi connectivity index (χ0v) is 9.15. The molecule has 0 saturated heterocycles. The van der Waals surface area contributed by atoms with Crippen molar-refractivity contribution in [1.82, 2.24) is 15.0 Å². The topological polar surface area (TPSA) is 102 Å². The number of hydrogen-bond donors (Lipinski definition) is 1. The van der Waals surface area contributed by atoms with Gasteiger partial charge in [0.05, 0.1) is 6.20 Å². The molecule has 2 rings (SSSR count). The van der Waals surface area contributed by atoms with E-state index in [9.17, 15) is 0 Å². The van der Waals surface area contributed by atoms with Crippen LogP contribution in [0.1, 0.15) is 5.56 Å². The second kappa shape index (κ2) is 4.20. The average molecular weight is 233 g/mol. The van der Waals surface area contributed by atoms with Gasteiger partial charge in [0.1, 0.15) is 28.6 Å². The fourth-order valence-electron chi connectivity index (χ4n) is 1.20. The molecule has 80 valence electrons. The smallest absolute Gasteiger partial charge is 0.246 e. The lowest BCUT2D eigenvalue weighted by Gasteiger charge is -2.04. The molecule has 2 N–H and O–H groups in total. The Morgan fingerprint density at radius 3 is 2.88 bits per heavy atom. The van der Waals surface area contributed by atoms with Crippen LogP contribution in [0.15, 0.2) is 21.9 Å². The third kappa shape index (κ3) is 1.70. The Balaban J connectivity index is 2.69. The summed E-state index contributed by atoms with van der Waals surface area (Å²) < 4.78 is 5.10. The lowest BCUT2D eigenvalue weighted by atomic mass is 10.2. The van der Waals surface area contributed by atoms with Crippen molar-refractivity contribution in [2.75, 3.05) is 12.0 Å². The summed E-state index contributed by atoms with van der Waals surface area (Å²) in [5.41, 5.74) is 6.20. The molecule has 16 heavy (non-hydrogen) atoms. The van der Waals surface area contributed by atoms with Crippen LogP contribution in [0.2, 0.25) is 0 Å². The molecule has 0 saturated carbocycles. The maximum Gasteiger partial charge on any atom is 0.246 e. The molecule has 2 aromatic heterocycles. The molecule has 0 aliphatic heterocycles. The zero-order valence-electron chi connectivity index (χ0n) is 8.34. The molecule has 2 heterocycles. The van der Waals surface area contributed by atoms with E-state index in [1.165, 1.54) is 24.2 Å². The van der Waals surface area contributed by atoms with E-state index in [0.717, 1.165) is 0 Å². The Morgan fingerprint density at radius 2 is 2.31 bits per heavy atom. The number of anilines is 1. The second-order valence-corrected chi connectivity index (χ2v) is 3.56. The van der Waals surface area contributed by atoms with E-state index >= 15 is 0 Å². The van der Waals surface area contributed by atoms with Gasteiger partial charge < -0.3 is 10.2 Å². The van der Waals surface area contributed by atoms with E-state index in [2.05, 4.69) is 15.0 Å². The standard InChI is InChI=1S/C9H7N5OS/c1-16-8-5(4-10)6(13-9(11)14-8)7-12-2-3-15-7/h2-3H,1H3,(H2,11,13,14). The first-order valence-corrected chi connectivity index (χ1v) is 5.50. The van der Waals surface area contributed by atoms with Crippen LogP contribution in [0.5, 0.6) is 0 Å². The molecule has 0 atom stereocenters. The van der Waals surface area contributed by atoms with E-state index in [4.69, 9.17) is 15.4 Å². The van der Waals surface area contributed by atoms with Gasteiger partial charge >= 0.3 is 0 Å². The van der Waals surface area contributed by atoms with Crippen molar-refractivity contribution in [3.63, 3.8) is 0 Å². The van der Waals surface area contributed by atoms with Crippen molar-refractivity contribution < 1.29 is 4.42 Å². The zero-order chi connectivity index (χ0) is 11.5. The van der Waals surface area contributed by atoms with Crippen LogP contribution in [0.3, 0.4) is 0 Å². The summed E-state index contributed by atoms with van der Waals surface area (Å²) in [5.74, 6) is 0.359. The lowest BCUT2D eigenvalue weighted by molar-refractivity contribution is 0.571. The van der Waals surface area contributed by atoms with Gasteiger partial charge in [-0.2, -0.15) is 5.26 Å². The van der Waals surface area contributed by atoms with Crippen molar-refractivity contribution in [2.24, 2.45) is 0 Å². The third-order valence-corrected chi connectivity index (χ3v) is 2.52. The van der Waals surface area contributed by atoms with Crippen molar-refractivity contribution >= 4 is 17.7 Å². The number of nitrogens with zero attached hydrogens (tertiary/aromatic N) is 4. The van der Waals surface area contributed by atoms with Gasteiger partial charge in [-0.05, 0) is 6.26 Å². The normalized spacial score (nSPS) is 10.0. The third-order valence-electron chi connectivity index (χ3n) is 1.83. The van der Waals surface area contributed by atoms with Gasteiger partial charge in [0.25, 0.3) is 0 Å². The highest BCUT2D eigenvalue weighted by Crippen LogP contribution is 2.27. The summed E-state index contributed by atoms with van der Waals surface area (Å²) >= 11 is 1.32. The predicted octanol–water partition coefficient (Wildman–Crippen LogP) is 1.31. The molecule has 0 unspecified atom stereocenters. The van der Waals surface area contributed by atoms with Gasteiger partial charge in [-0.25, -0.2) is 15.0 Å². The highest BCUT2D eigenvalue weighted by molar-refractivity contribution is 7.98. The number of rotatable bonds is 2. The van der Waals surface area contributed by atoms with Crippen LogP contribution < -0.4 is 5.73 Å². The summed E-state index contributed by atoms with van der Waals surface area (Å²) in [6.07, 6.45) is 4.70. The Kier molecular flexibility index (Phi) is 2.74. The molecule has 0 spiro atoms. The Labute approximate surface area is 95.5 Å². The maximum atomic E-state index is 9.07. The van der Waals surface area contributed by atoms with Crippen LogP contribution in [-0.2, 0) is 0 Å². The van der Waals surface area contributed by atoms with E-state index < -0.39 is 0 Å². The molecule has 7 heteroatoms. The van der Waals surface area contributed by atoms with Crippen molar-refractivity contribution in [2.45, 2.75) is 5.03 Å². The number of oxazole rings is 1. The fourth-order valence-corrected chi connectivity index (χ4v) is 1.73. The van der Waals surface area contributed by atoms with E-state index in [1.54, 1.807) is 0 Å². The predicted molar refractivity (Wildman–Crippen MR) is 58.4 cm³/mol.